The summed E-state index contributed by atoms with van der Waals surface area (Å²) in [5.41, 5.74) is 2.02. The molecule has 0 radical (unpaired) electrons. The summed E-state index contributed by atoms with van der Waals surface area (Å²) in [4.78, 5) is 4.18. The van der Waals surface area contributed by atoms with Gasteiger partial charge in [-0.25, -0.2) is 0 Å². The fourth-order valence-corrected chi connectivity index (χ4v) is 2.03. The number of halogens is 2. The molecule has 1 heterocycles. The molecule has 4 heteroatoms. The predicted molar refractivity (Wildman–Crippen MR) is 72.7 cm³/mol. The molecule has 0 atom stereocenters. The van der Waals surface area contributed by atoms with E-state index in [9.17, 15) is 0 Å². The van der Waals surface area contributed by atoms with Crippen LogP contribution in [-0.2, 0) is 5.88 Å². The predicted octanol–water partition coefficient (Wildman–Crippen LogP) is 4.68. The number of aromatic nitrogens is 1. The minimum Gasteiger partial charge on any atom is -0.455 e. The van der Waals surface area contributed by atoms with E-state index in [-0.39, 0.29) is 0 Å². The lowest BCUT2D eigenvalue weighted by atomic mass is 10.2. The number of alkyl halides is 1. The topological polar surface area (TPSA) is 22.1 Å². The molecule has 0 fully saturated rings. The zero-order chi connectivity index (χ0) is 12.3. The highest BCUT2D eigenvalue weighted by molar-refractivity contribution is 9.10. The van der Waals surface area contributed by atoms with Gasteiger partial charge in [0.1, 0.15) is 11.5 Å². The highest BCUT2D eigenvalue weighted by Crippen LogP contribution is 2.30. The Balaban J connectivity index is 2.21. The Morgan fingerprint density at radius 3 is 2.71 bits per heavy atom. The molecule has 0 aliphatic carbocycles. The normalized spacial score (nSPS) is 10.3. The summed E-state index contributed by atoms with van der Waals surface area (Å²) in [5.74, 6) is 1.96. The number of benzene rings is 1. The number of aryl methyl sites for hydroxylation is 1. The third-order valence-electron chi connectivity index (χ3n) is 2.26. The molecule has 0 saturated carbocycles. The zero-order valence-corrected chi connectivity index (χ0v) is 11.6. The molecule has 88 valence electrons. The largest absolute Gasteiger partial charge is 0.455 e. The first-order chi connectivity index (χ1) is 8.19. The van der Waals surface area contributed by atoms with Crippen LogP contribution in [0, 0.1) is 6.92 Å². The lowest BCUT2D eigenvalue weighted by molar-refractivity contribution is 0.477. The Kier molecular flexibility index (Phi) is 4.02. The van der Waals surface area contributed by atoms with Crippen molar-refractivity contribution in [2.45, 2.75) is 12.8 Å². The van der Waals surface area contributed by atoms with Gasteiger partial charge in [-0.05, 0) is 52.7 Å². The van der Waals surface area contributed by atoms with Crippen molar-refractivity contribution in [1.29, 1.82) is 0 Å². The van der Waals surface area contributed by atoms with Crippen LogP contribution in [0.4, 0.5) is 0 Å². The van der Waals surface area contributed by atoms with Crippen molar-refractivity contribution in [1.82, 2.24) is 4.98 Å². The van der Waals surface area contributed by atoms with Gasteiger partial charge in [-0.3, -0.25) is 4.98 Å². The Morgan fingerprint density at radius 2 is 2.12 bits per heavy atom. The Hall–Kier alpha value is -1.06. The minimum absolute atomic E-state index is 0.491. The van der Waals surface area contributed by atoms with Crippen molar-refractivity contribution in [3.05, 3.63) is 52.3 Å². The van der Waals surface area contributed by atoms with Gasteiger partial charge >= 0.3 is 0 Å². The van der Waals surface area contributed by atoms with E-state index in [0.717, 1.165) is 27.2 Å². The molecule has 2 rings (SSSR count). The molecular weight excluding hydrogens is 302 g/mol. The average Bonchev–Trinajstić information content (AvgIpc) is 2.34. The van der Waals surface area contributed by atoms with E-state index in [4.69, 9.17) is 16.3 Å². The Bertz CT molecular complexity index is 513. The molecule has 2 nitrogen and oxygen atoms in total. The maximum absolute atomic E-state index is 5.76. The van der Waals surface area contributed by atoms with Crippen LogP contribution in [0.1, 0.15) is 11.3 Å². The third kappa shape index (κ3) is 3.20. The number of hydrogen-bond donors (Lipinski definition) is 0. The first-order valence-corrected chi connectivity index (χ1v) is 6.46. The molecule has 0 aliphatic heterocycles. The van der Waals surface area contributed by atoms with Gasteiger partial charge < -0.3 is 4.74 Å². The zero-order valence-electron chi connectivity index (χ0n) is 9.28. The number of hydrogen-bond acceptors (Lipinski definition) is 2. The van der Waals surface area contributed by atoms with Crippen molar-refractivity contribution in [3.63, 3.8) is 0 Å². The molecule has 0 saturated heterocycles. The van der Waals surface area contributed by atoms with E-state index < -0.39 is 0 Å². The lowest BCUT2D eigenvalue weighted by Gasteiger charge is -2.08. The van der Waals surface area contributed by atoms with Crippen LogP contribution in [0.2, 0.25) is 0 Å². The molecule has 17 heavy (non-hydrogen) atoms. The van der Waals surface area contributed by atoms with E-state index in [0.29, 0.717) is 5.88 Å². The SMILES string of the molecule is Cc1ccc(Oc2ccc(CCl)cc2Br)cn1. The van der Waals surface area contributed by atoms with E-state index in [1.807, 2.05) is 37.3 Å². The number of pyridine rings is 1. The highest BCUT2D eigenvalue weighted by atomic mass is 79.9. The maximum atomic E-state index is 5.76. The second kappa shape index (κ2) is 5.52. The van der Waals surface area contributed by atoms with Crippen molar-refractivity contribution in [2.24, 2.45) is 0 Å². The molecular formula is C13H11BrClNO. The number of nitrogens with zero attached hydrogens (tertiary/aromatic N) is 1. The quantitative estimate of drug-likeness (QED) is 0.767. The lowest BCUT2D eigenvalue weighted by Crippen LogP contribution is -1.88. The number of rotatable bonds is 3. The summed E-state index contributed by atoms with van der Waals surface area (Å²) in [6, 6.07) is 9.58. The molecule has 1 aromatic heterocycles. The van der Waals surface area contributed by atoms with Crippen LogP contribution in [0.25, 0.3) is 0 Å². The third-order valence-corrected chi connectivity index (χ3v) is 3.19. The van der Waals surface area contributed by atoms with Crippen molar-refractivity contribution < 1.29 is 4.74 Å². The molecule has 0 spiro atoms. The van der Waals surface area contributed by atoms with Crippen molar-refractivity contribution in [3.8, 4) is 11.5 Å². The smallest absolute Gasteiger partial charge is 0.145 e. The van der Waals surface area contributed by atoms with Crippen LogP contribution in [0.5, 0.6) is 11.5 Å². The summed E-state index contributed by atoms with van der Waals surface area (Å²) in [6.07, 6.45) is 1.71. The van der Waals surface area contributed by atoms with Crippen LogP contribution >= 0.6 is 27.5 Å². The molecule has 1 aromatic carbocycles. The Labute approximate surface area is 114 Å². The first-order valence-electron chi connectivity index (χ1n) is 5.14. The standard InChI is InChI=1S/C13H11BrClNO/c1-9-2-4-11(8-16-9)17-13-5-3-10(7-15)6-12(13)14/h2-6,8H,7H2,1H3. The minimum atomic E-state index is 0.491. The second-order valence-electron chi connectivity index (χ2n) is 3.64. The summed E-state index contributed by atoms with van der Waals surface area (Å²) in [6.45, 7) is 1.94. The second-order valence-corrected chi connectivity index (χ2v) is 4.76. The Morgan fingerprint density at radius 1 is 1.29 bits per heavy atom. The molecule has 0 unspecified atom stereocenters. The molecule has 2 aromatic rings. The molecule has 0 amide bonds. The number of ether oxygens (including phenoxy) is 1. The van der Waals surface area contributed by atoms with Gasteiger partial charge in [0.05, 0.1) is 10.7 Å². The fraction of sp³-hybridized carbons (Fsp3) is 0.154. The van der Waals surface area contributed by atoms with E-state index in [1.165, 1.54) is 0 Å². The van der Waals surface area contributed by atoms with E-state index >= 15 is 0 Å². The van der Waals surface area contributed by atoms with Crippen molar-refractivity contribution in [2.75, 3.05) is 0 Å². The molecule has 0 N–H and O–H groups in total. The van der Waals surface area contributed by atoms with Gasteiger partial charge in [-0.2, -0.15) is 0 Å². The summed E-state index contributed by atoms with van der Waals surface area (Å²) < 4.78 is 6.60. The van der Waals surface area contributed by atoms with Crippen LogP contribution in [0.15, 0.2) is 41.0 Å². The molecule has 0 bridgehead atoms. The van der Waals surface area contributed by atoms with Crippen LogP contribution in [-0.4, -0.2) is 4.98 Å². The van der Waals surface area contributed by atoms with Gasteiger partial charge in [0.15, 0.2) is 0 Å². The summed E-state index contributed by atoms with van der Waals surface area (Å²) in [5, 5.41) is 0. The average molecular weight is 313 g/mol. The summed E-state index contributed by atoms with van der Waals surface area (Å²) in [7, 11) is 0. The van der Waals surface area contributed by atoms with Gasteiger partial charge in [0, 0.05) is 11.6 Å². The van der Waals surface area contributed by atoms with Gasteiger partial charge in [0.25, 0.3) is 0 Å². The van der Waals surface area contributed by atoms with Gasteiger partial charge in [-0.15, -0.1) is 11.6 Å². The monoisotopic (exact) mass is 311 g/mol. The highest BCUT2D eigenvalue weighted by Gasteiger charge is 2.04. The van der Waals surface area contributed by atoms with Crippen LogP contribution < -0.4 is 4.74 Å². The van der Waals surface area contributed by atoms with E-state index in [1.54, 1.807) is 6.20 Å². The fourth-order valence-electron chi connectivity index (χ4n) is 1.35. The summed E-state index contributed by atoms with van der Waals surface area (Å²) >= 11 is 9.21. The van der Waals surface area contributed by atoms with Gasteiger partial charge in [-0.1, -0.05) is 6.07 Å². The van der Waals surface area contributed by atoms with Gasteiger partial charge in [0.2, 0.25) is 0 Å². The van der Waals surface area contributed by atoms with Crippen molar-refractivity contribution >= 4 is 27.5 Å². The van der Waals surface area contributed by atoms with E-state index in [2.05, 4.69) is 20.9 Å². The molecule has 0 aliphatic rings. The maximum Gasteiger partial charge on any atom is 0.145 e. The van der Waals surface area contributed by atoms with Crippen LogP contribution in [0.3, 0.4) is 0 Å². The first kappa shape index (κ1) is 12.4.